The smallest absolute Gasteiger partial charge is 0.315 e. The molecule has 3 rings (SSSR count). The van der Waals surface area contributed by atoms with Gasteiger partial charge in [0.1, 0.15) is 17.5 Å². The van der Waals surface area contributed by atoms with Gasteiger partial charge in [0.25, 0.3) is 0 Å². The molecule has 1 aliphatic heterocycles. The Bertz CT molecular complexity index is 835. The van der Waals surface area contributed by atoms with Gasteiger partial charge in [0.15, 0.2) is 0 Å². The zero-order valence-corrected chi connectivity index (χ0v) is 20.0. The highest BCUT2D eigenvalue weighted by molar-refractivity contribution is 5.03. The molecule has 2 unspecified atom stereocenters. The van der Waals surface area contributed by atoms with E-state index < -0.39 is 12.0 Å². The summed E-state index contributed by atoms with van der Waals surface area (Å²) in [5, 5.41) is 15.3. The van der Waals surface area contributed by atoms with Gasteiger partial charge < -0.3 is 9.13 Å². The molecule has 0 bridgehead atoms. The number of nitrogens with zero attached hydrogens (tertiary/aromatic N) is 6. The van der Waals surface area contributed by atoms with Gasteiger partial charge in [-0.05, 0) is 37.0 Å². The maximum absolute atomic E-state index is 12.6. The highest BCUT2D eigenvalue weighted by Gasteiger charge is 2.40. The second-order valence-corrected chi connectivity index (χ2v) is 9.68. The number of halogens is 3. The quantitative estimate of drug-likeness (QED) is 0.612. The second kappa shape index (κ2) is 10.1. The molecule has 2 aromatic rings. The molecule has 0 N–H and O–H groups in total. The van der Waals surface area contributed by atoms with Gasteiger partial charge in [0.05, 0.1) is 0 Å². The van der Waals surface area contributed by atoms with E-state index in [1.165, 1.54) is 4.57 Å². The summed E-state index contributed by atoms with van der Waals surface area (Å²) in [7, 11) is 0. The van der Waals surface area contributed by atoms with Crippen molar-refractivity contribution >= 4 is 0 Å². The Morgan fingerprint density at radius 1 is 0.968 bits per heavy atom. The molecule has 0 aliphatic carbocycles. The lowest BCUT2D eigenvalue weighted by Crippen LogP contribution is -2.27. The number of hydrogen-bond donors (Lipinski definition) is 0. The van der Waals surface area contributed by atoms with Gasteiger partial charge in [0.2, 0.25) is 5.82 Å². The molecule has 1 aliphatic rings. The van der Waals surface area contributed by atoms with Gasteiger partial charge in [-0.3, -0.25) is 0 Å². The summed E-state index contributed by atoms with van der Waals surface area (Å²) in [6.07, 6.45) is -2.91. The van der Waals surface area contributed by atoms with Crippen molar-refractivity contribution < 1.29 is 13.2 Å². The minimum absolute atomic E-state index is 0.282. The van der Waals surface area contributed by atoms with E-state index in [-0.39, 0.29) is 5.92 Å². The molecule has 9 heteroatoms. The van der Waals surface area contributed by atoms with E-state index in [9.17, 15) is 13.2 Å². The number of aryl methyl sites for hydroxylation is 2. The summed E-state index contributed by atoms with van der Waals surface area (Å²) in [6.45, 7) is 18.7. The normalized spacial score (nSPS) is 17.7. The molecule has 6 nitrogen and oxygen atoms in total. The third-order valence-electron chi connectivity index (χ3n) is 6.27. The van der Waals surface area contributed by atoms with Crippen molar-refractivity contribution in [2.75, 3.05) is 0 Å². The Balaban J connectivity index is 0.000000221. The molecule has 0 aromatic carbocycles. The predicted octanol–water partition coefficient (Wildman–Crippen LogP) is 5.52. The number of hydrogen-bond acceptors (Lipinski definition) is 4. The maximum atomic E-state index is 12.6. The van der Waals surface area contributed by atoms with Gasteiger partial charge in [-0.2, -0.15) is 13.2 Å². The molecule has 0 saturated carbocycles. The molecule has 176 valence electrons. The lowest BCUT2D eigenvalue weighted by atomic mass is 9.89. The predicted molar refractivity (Wildman–Crippen MR) is 115 cm³/mol. The fourth-order valence-electron chi connectivity index (χ4n) is 3.66. The molecule has 2 aromatic heterocycles. The molecule has 0 amide bonds. The van der Waals surface area contributed by atoms with Gasteiger partial charge in [-0.15, -0.1) is 20.4 Å². The van der Waals surface area contributed by atoms with Crippen LogP contribution < -0.4 is 0 Å². The fraction of sp³-hybridized carbons (Fsp3) is 0.818. The van der Waals surface area contributed by atoms with Crippen LogP contribution in [-0.4, -0.2) is 29.5 Å². The Labute approximate surface area is 183 Å². The third kappa shape index (κ3) is 6.29. The first-order chi connectivity index (χ1) is 14.3. The van der Waals surface area contributed by atoms with Crippen molar-refractivity contribution in [2.24, 2.45) is 23.7 Å². The molecular formula is C22H37F3N6. The summed E-state index contributed by atoms with van der Waals surface area (Å²) in [5.41, 5.74) is 0. The van der Waals surface area contributed by atoms with Crippen LogP contribution in [0.15, 0.2) is 0 Å². The van der Waals surface area contributed by atoms with Crippen LogP contribution in [0.5, 0.6) is 0 Å². The number of alkyl halides is 3. The molecule has 2 atom stereocenters. The van der Waals surface area contributed by atoms with E-state index >= 15 is 0 Å². The Hall–Kier alpha value is -1.93. The van der Waals surface area contributed by atoms with Gasteiger partial charge in [-0.25, -0.2) is 0 Å². The molecule has 0 radical (unpaired) electrons. The highest BCUT2D eigenvalue weighted by atomic mass is 19.4. The monoisotopic (exact) mass is 442 g/mol. The lowest BCUT2D eigenvalue weighted by molar-refractivity contribution is -0.148. The van der Waals surface area contributed by atoms with Crippen molar-refractivity contribution in [2.45, 2.75) is 93.4 Å². The summed E-state index contributed by atoms with van der Waals surface area (Å²) in [6, 6.07) is 0. The van der Waals surface area contributed by atoms with Crippen molar-refractivity contribution in [3.05, 3.63) is 23.3 Å². The van der Waals surface area contributed by atoms with E-state index in [0.717, 1.165) is 24.6 Å². The summed E-state index contributed by atoms with van der Waals surface area (Å²) >= 11 is 0. The zero-order chi connectivity index (χ0) is 23.5. The summed E-state index contributed by atoms with van der Waals surface area (Å²) in [5.74, 6) is 4.24. The topological polar surface area (TPSA) is 61.4 Å². The standard InChI is InChI=1S/C12H23N3.C10H14F3N3/c1-8(2)10(5)7-15-11(6)13-14-12(15)9(3)4;1-6(2)7-3-4-8-14-15-9(10(11,12)13)16(8)5-7/h8-10H,7H2,1-6H3;6-7H,3-5H2,1-2H3. The van der Waals surface area contributed by atoms with Gasteiger partial charge in [-0.1, -0.05) is 48.5 Å². The Morgan fingerprint density at radius 3 is 2.13 bits per heavy atom. The van der Waals surface area contributed by atoms with E-state index in [2.05, 4.69) is 59.6 Å². The SMILES string of the molecule is CC(C)C1CCc2nnc(C(F)(F)F)n2C1.Cc1nnc(C(C)C)n1CC(C)C(C)C. The molecule has 0 saturated heterocycles. The van der Waals surface area contributed by atoms with Gasteiger partial charge >= 0.3 is 6.18 Å². The number of rotatable bonds is 5. The molecule has 3 heterocycles. The van der Waals surface area contributed by atoms with E-state index in [0.29, 0.717) is 42.5 Å². The van der Waals surface area contributed by atoms with Crippen LogP contribution in [0.1, 0.15) is 84.1 Å². The minimum Gasteiger partial charge on any atom is -0.315 e. The maximum Gasteiger partial charge on any atom is 0.451 e. The first-order valence-electron chi connectivity index (χ1n) is 11.2. The van der Waals surface area contributed by atoms with Crippen LogP contribution in [0.4, 0.5) is 13.2 Å². The van der Waals surface area contributed by atoms with Crippen LogP contribution >= 0.6 is 0 Å². The van der Waals surface area contributed by atoms with Crippen LogP contribution in [0.2, 0.25) is 0 Å². The van der Waals surface area contributed by atoms with Crippen molar-refractivity contribution in [3.63, 3.8) is 0 Å². The molecular weight excluding hydrogens is 405 g/mol. The largest absolute Gasteiger partial charge is 0.451 e. The van der Waals surface area contributed by atoms with E-state index in [1.54, 1.807) is 0 Å². The second-order valence-electron chi connectivity index (χ2n) is 9.68. The third-order valence-corrected chi connectivity index (χ3v) is 6.27. The molecule has 0 spiro atoms. The summed E-state index contributed by atoms with van der Waals surface area (Å²) in [4.78, 5) is 0. The zero-order valence-electron chi connectivity index (χ0n) is 20.0. The lowest BCUT2D eigenvalue weighted by Gasteiger charge is -2.27. The average Bonchev–Trinajstić information content (AvgIpc) is 3.25. The van der Waals surface area contributed by atoms with Crippen LogP contribution in [-0.2, 0) is 25.7 Å². The first-order valence-corrected chi connectivity index (χ1v) is 11.2. The van der Waals surface area contributed by atoms with Crippen molar-refractivity contribution in [1.82, 2.24) is 29.5 Å². The van der Waals surface area contributed by atoms with E-state index in [4.69, 9.17) is 0 Å². The minimum atomic E-state index is -4.40. The number of fused-ring (bicyclic) bond motifs is 1. The van der Waals surface area contributed by atoms with Gasteiger partial charge in [0, 0.05) is 25.4 Å². The van der Waals surface area contributed by atoms with Crippen molar-refractivity contribution in [3.8, 4) is 0 Å². The Kier molecular flexibility index (Phi) is 8.27. The summed E-state index contributed by atoms with van der Waals surface area (Å²) < 4.78 is 41.3. The average molecular weight is 443 g/mol. The number of aromatic nitrogens is 6. The van der Waals surface area contributed by atoms with E-state index in [1.807, 2.05) is 20.8 Å². The van der Waals surface area contributed by atoms with Crippen LogP contribution in [0.25, 0.3) is 0 Å². The van der Waals surface area contributed by atoms with Crippen LogP contribution in [0.3, 0.4) is 0 Å². The highest BCUT2D eigenvalue weighted by Crippen LogP contribution is 2.32. The molecule has 0 fully saturated rings. The molecule has 31 heavy (non-hydrogen) atoms. The van der Waals surface area contributed by atoms with Crippen molar-refractivity contribution in [1.29, 1.82) is 0 Å². The first kappa shape index (κ1) is 25.3. The van der Waals surface area contributed by atoms with Crippen LogP contribution in [0, 0.1) is 30.6 Å². The fourth-order valence-corrected chi connectivity index (χ4v) is 3.66. The Morgan fingerprint density at radius 2 is 1.61 bits per heavy atom.